The SMILES string of the molecule is CCC(C)c1ccc(C(=O)CN2C(=O)NC(C)(c3ccc(C#N)cc3)C2=O)cc1. The maximum Gasteiger partial charge on any atom is 0.325 e. The van der Waals surface area contributed by atoms with Crippen LogP contribution in [0.5, 0.6) is 0 Å². The zero-order valence-electron chi connectivity index (χ0n) is 16.7. The van der Waals surface area contributed by atoms with Gasteiger partial charge in [0.1, 0.15) is 5.54 Å². The van der Waals surface area contributed by atoms with Crippen molar-refractivity contribution in [3.05, 3.63) is 70.8 Å². The van der Waals surface area contributed by atoms with Gasteiger partial charge in [-0.2, -0.15) is 5.26 Å². The molecule has 1 N–H and O–H groups in total. The molecule has 0 spiro atoms. The van der Waals surface area contributed by atoms with Gasteiger partial charge in [0, 0.05) is 5.56 Å². The van der Waals surface area contributed by atoms with Crippen LogP contribution in [0.1, 0.15) is 60.2 Å². The minimum Gasteiger partial charge on any atom is -0.319 e. The third-order valence-electron chi connectivity index (χ3n) is 5.58. The fraction of sp³-hybridized carbons (Fsp3) is 0.304. The van der Waals surface area contributed by atoms with Crippen molar-refractivity contribution < 1.29 is 14.4 Å². The van der Waals surface area contributed by atoms with E-state index >= 15 is 0 Å². The smallest absolute Gasteiger partial charge is 0.319 e. The van der Waals surface area contributed by atoms with Crippen LogP contribution in [0.25, 0.3) is 0 Å². The summed E-state index contributed by atoms with van der Waals surface area (Å²) in [6.45, 7) is 5.50. The van der Waals surface area contributed by atoms with Crippen molar-refractivity contribution >= 4 is 17.7 Å². The summed E-state index contributed by atoms with van der Waals surface area (Å²) in [5.41, 5.74) is 1.35. The van der Waals surface area contributed by atoms with Gasteiger partial charge < -0.3 is 5.32 Å². The molecule has 1 fully saturated rings. The molecule has 148 valence electrons. The molecule has 1 heterocycles. The van der Waals surface area contributed by atoms with Crippen LogP contribution in [0.2, 0.25) is 0 Å². The lowest BCUT2D eigenvalue weighted by molar-refractivity contribution is -0.130. The van der Waals surface area contributed by atoms with Crippen LogP contribution >= 0.6 is 0 Å². The molecule has 1 saturated heterocycles. The van der Waals surface area contributed by atoms with Gasteiger partial charge in [0.2, 0.25) is 0 Å². The van der Waals surface area contributed by atoms with E-state index in [1.54, 1.807) is 43.3 Å². The summed E-state index contributed by atoms with van der Waals surface area (Å²) in [5.74, 6) is -0.386. The van der Waals surface area contributed by atoms with Crippen LogP contribution in [0.3, 0.4) is 0 Å². The van der Waals surface area contributed by atoms with Gasteiger partial charge in [0.15, 0.2) is 5.78 Å². The predicted molar refractivity (Wildman–Crippen MR) is 108 cm³/mol. The van der Waals surface area contributed by atoms with Crippen LogP contribution in [-0.2, 0) is 10.3 Å². The highest BCUT2D eigenvalue weighted by molar-refractivity contribution is 6.11. The Morgan fingerprint density at radius 3 is 2.31 bits per heavy atom. The molecule has 2 aromatic carbocycles. The van der Waals surface area contributed by atoms with Crippen LogP contribution in [0, 0.1) is 11.3 Å². The monoisotopic (exact) mass is 389 g/mol. The molecule has 0 radical (unpaired) electrons. The van der Waals surface area contributed by atoms with E-state index in [1.165, 1.54) is 0 Å². The van der Waals surface area contributed by atoms with Crippen molar-refractivity contribution in [3.63, 3.8) is 0 Å². The lowest BCUT2D eigenvalue weighted by atomic mass is 9.91. The highest BCUT2D eigenvalue weighted by atomic mass is 16.2. The van der Waals surface area contributed by atoms with Crippen molar-refractivity contribution in [2.45, 2.75) is 38.6 Å². The molecule has 2 unspecified atom stereocenters. The number of imide groups is 1. The summed E-state index contributed by atoms with van der Waals surface area (Å²) in [4.78, 5) is 39.0. The summed E-state index contributed by atoms with van der Waals surface area (Å²) in [7, 11) is 0. The Kier molecular flexibility index (Phi) is 5.51. The molecule has 0 aromatic heterocycles. The Bertz CT molecular complexity index is 990. The number of hydrogen-bond acceptors (Lipinski definition) is 4. The number of benzene rings is 2. The number of Topliss-reactive ketones (excluding diaryl/α,β-unsaturated/α-hetero) is 1. The van der Waals surface area contributed by atoms with E-state index in [0.717, 1.165) is 16.9 Å². The van der Waals surface area contributed by atoms with Gasteiger partial charge in [-0.1, -0.05) is 50.2 Å². The molecule has 3 rings (SSSR count). The first-order valence-corrected chi connectivity index (χ1v) is 9.58. The average molecular weight is 389 g/mol. The van der Waals surface area contributed by atoms with Crippen LogP contribution in [-0.4, -0.2) is 29.2 Å². The number of nitrogens with one attached hydrogen (secondary N) is 1. The number of nitrogens with zero attached hydrogens (tertiary/aromatic N) is 2. The third kappa shape index (κ3) is 3.77. The molecule has 0 bridgehead atoms. The molecule has 0 aliphatic carbocycles. The number of carbonyl (C=O) groups excluding carboxylic acids is 3. The molecule has 3 amide bonds. The Labute approximate surface area is 170 Å². The van der Waals surface area contributed by atoms with Crippen LogP contribution in [0.4, 0.5) is 4.79 Å². The number of urea groups is 1. The first kappa shape index (κ1) is 20.3. The molecule has 6 heteroatoms. The topological polar surface area (TPSA) is 90.3 Å². The first-order chi connectivity index (χ1) is 13.8. The summed E-state index contributed by atoms with van der Waals surface area (Å²) >= 11 is 0. The van der Waals surface area contributed by atoms with Crippen molar-refractivity contribution in [1.29, 1.82) is 5.26 Å². The second-order valence-corrected chi connectivity index (χ2v) is 7.49. The van der Waals surface area contributed by atoms with Gasteiger partial charge in [-0.05, 0) is 42.5 Å². The minimum atomic E-state index is -1.27. The predicted octanol–water partition coefficient (Wildman–Crippen LogP) is 3.72. The molecule has 29 heavy (non-hydrogen) atoms. The number of amides is 3. The molecule has 0 saturated carbocycles. The van der Waals surface area contributed by atoms with Gasteiger partial charge in [-0.15, -0.1) is 0 Å². The van der Waals surface area contributed by atoms with E-state index in [-0.39, 0.29) is 12.3 Å². The lowest BCUT2D eigenvalue weighted by Gasteiger charge is -2.22. The summed E-state index contributed by atoms with van der Waals surface area (Å²) in [6, 6.07) is 15.2. The van der Waals surface area contributed by atoms with E-state index in [1.807, 2.05) is 18.2 Å². The van der Waals surface area contributed by atoms with Gasteiger partial charge >= 0.3 is 6.03 Å². The highest BCUT2D eigenvalue weighted by Gasteiger charge is 2.49. The zero-order chi connectivity index (χ0) is 21.2. The van der Waals surface area contributed by atoms with Gasteiger partial charge in [0.25, 0.3) is 5.91 Å². The first-order valence-electron chi connectivity index (χ1n) is 9.58. The maximum absolute atomic E-state index is 13.0. The number of hydrogen-bond donors (Lipinski definition) is 1. The second kappa shape index (κ2) is 7.88. The van der Waals surface area contributed by atoms with Gasteiger partial charge in [-0.25, -0.2) is 4.79 Å². The fourth-order valence-electron chi connectivity index (χ4n) is 3.38. The molecular weight excluding hydrogens is 366 g/mol. The Hall–Kier alpha value is -3.46. The highest BCUT2D eigenvalue weighted by Crippen LogP contribution is 2.29. The molecular formula is C23H23N3O3. The van der Waals surface area contributed by atoms with E-state index in [9.17, 15) is 14.4 Å². The standard InChI is InChI=1S/C23H23N3O3/c1-4-15(2)17-7-9-18(10-8-17)20(27)14-26-21(28)23(3,25-22(26)29)19-11-5-16(13-24)6-12-19/h5-12,15H,4,14H2,1-3H3,(H,25,29). The third-order valence-corrected chi connectivity index (χ3v) is 5.58. The molecule has 1 aliphatic rings. The van der Waals surface area contributed by atoms with Gasteiger partial charge in [-0.3, -0.25) is 14.5 Å². The number of nitriles is 1. The fourth-order valence-corrected chi connectivity index (χ4v) is 3.38. The summed E-state index contributed by atoms with van der Waals surface area (Å²) in [6.07, 6.45) is 1.00. The molecule has 6 nitrogen and oxygen atoms in total. The number of ketones is 1. The lowest BCUT2D eigenvalue weighted by Crippen LogP contribution is -2.41. The van der Waals surface area contributed by atoms with Crippen molar-refractivity contribution in [1.82, 2.24) is 10.2 Å². The number of carbonyl (C=O) groups is 3. The summed E-state index contributed by atoms with van der Waals surface area (Å²) < 4.78 is 0. The average Bonchev–Trinajstić information content (AvgIpc) is 2.97. The number of rotatable bonds is 6. The Balaban J connectivity index is 1.77. The van der Waals surface area contributed by atoms with Crippen LogP contribution in [0.15, 0.2) is 48.5 Å². The van der Waals surface area contributed by atoms with E-state index in [4.69, 9.17) is 5.26 Å². The quantitative estimate of drug-likeness (QED) is 0.602. The van der Waals surface area contributed by atoms with Gasteiger partial charge in [0.05, 0.1) is 18.2 Å². The van der Waals surface area contributed by atoms with Crippen molar-refractivity contribution in [2.24, 2.45) is 0 Å². The molecule has 2 atom stereocenters. The zero-order valence-corrected chi connectivity index (χ0v) is 16.7. The second-order valence-electron chi connectivity index (χ2n) is 7.49. The summed E-state index contributed by atoms with van der Waals surface area (Å²) in [5, 5.41) is 11.6. The Morgan fingerprint density at radius 2 is 1.76 bits per heavy atom. The Morgan fingerprint density at radius 1 is 1.14 bits per heavy atom. The van der Waals surface area contributed by atoms with E-state index in [0.29, 0.717) is 22.6 Å². The molecule has 2 aromatic rings. The van der Waals surface area contributed by atoms with Crippen molar-refractivity contribution in [3.8, 4) is 6.07 Å². The van der Waals surface area contributed by atoms with E-state index in [2.05, 4.69) is 19.2 Å². The molecule has 1 aliphatic heterocycles. The largest absolute Gasteiger partial charge is 0.325 e. The van der Waals surface area contributed by atoms with Crippen molar-refractivity contribution in [2.75, 3.05) is 6.54 Å². The van der Waals surface area contributed by atoms with Crippen LogP contribution < -0.4 is 5.32 Å². The van der Waals surface area contributed by atoms with E-state index < -0.39 is 17.5 Å². The minimum absolute atomic E-state index is 0.298. The normalized spacial score (nSPS) is 19.6. The maximum atomic E-state index is 13.0.